The van der Waals surface area contributed by atoms with Crippen molar-refractivity contribution in [3.05, 3.63) is 39.7 Å². The molecule has 0 saturated carbocycles. The van der Waals surface area contributed by atoms with Crippen molar-refractivity contribution in [3.8, 4) is 11.3 Å². The van der Waals surface area contributed by atoms with Gasteiger partial charge < -0.3 is 17.0 Å². The zero-order valence-corrected chi connectivity index (χ0v) is 11.4. The molecule has 0 atom stereocenters. The summed E-state index contributed by atoms with van der Waals surface area (Å²) in [6.07, 6.45) is 0.998. The van der Waals surface area contributed by atoms with Gasteiger partial charge in [-0.1, -0.05) is 30.7 Å². The average Bonchev–Trinajstić information content (AvgIpc) is 2.67. The molecule has 1 aromatic carbocycles. The van der Waals surface area contributed by atoms with Gasteiger partial charge in [-0.25, -0.2) is 4.98 Å². The highest BCUT2D eigenvalue weighted by Crippen LogP contribution is 2.23. The number of rotatable bonds is 2. The molecular formula is C11H10BrClNS-. The van der Waals surface area contributed by atoms with Crippen molar-refractivity contribution in [2.45, 2.75) is 13.3 Å². The topological polar surface area (TPSA) is 12.9 Å². The van der Waals surface area contributed by atoms with E-state index in [0.717, 1.165) is 22.7 Å². The van der Waals surface area contributed by atoms with E-state index in [4.69, 9.17) is 11.6 Å². The standard InChI is InChI=1S/C11H10ClNS.BrH/c1-2-11-13-10(7-14-11)8-3-5-9(12)6-4-8;/h3-7H,2H2,1H3;1H/p-1. The number of halogens is 2. The highest BCUT2D eigenvalue weighted by atomic mass is 79.9. The van der Waals surface area contributed by atoms with E-state index < -0.39 is 0 Å². The van der Waals surface area contributed by atoms with E-state index in [9.17, 15) is 0 Å². The van der Waals surface area contributed by atoms with Crippen LogP contribution in [0.1, 0.15) is 11.9 Å². The molecule has 1 nitrogen and oxygen atoms in total. The third-order valence-corrected chi connectivity index (χ3v) is 3.24. The number of nitrogens with zero attached hydrogens (tertiary/aromatic N) is 1. The molecule has 80 valence electrons. The van der Waals surface area contributed by atoms with Crippen LogP contribution in [-0.4, -0.2) is 4.98 Å². The Kier molecular flexibility index (Phi) is 4.77. The Bertz CT molecular complexity index is 424. The van der Waals surface area contributed by atoms with Crippen molar-refractivity contribution in [2.24, 2.45) is 0 Å². The van der Waals surface area contributed by atoms with E-state index in [1.807, 2.05) is 24.3 Å². The van der Waals surface area contributed by atoms with Crippen LogP contribution < -0.4 is 17.0 Å². The molecular weight excluding hydrogens is 294 g/mol. The van der Waals surface area contributed by atoms with E-state index in [1.165, 1.54) is 5.01 Å². The summed E-state index contributed by atoms with van der Waals surface area (Å²) < 4.78 is 0. The molecule has 0 bridgehead atoms. The summed E-state index contributed by atoms with van der Waals surface area (Å²) in [4.78, 5) is 4.50. The molecule has 2 aromatic rings. The molecule has 0 fully saturated rings. The van der Waals surface area contributed by atoms with Crippen molar-refractivity contribution in [1.29, 1.82) is 0 Å². The number of benzene rings is 1. The van der Waals surface area contributed by atoms with Gasteiger partial charge >= 0.3 is 0 Å². The molecule has 0 radical (unpaired) electrons. The summed E-state index contributed by atoms with van der Waals surface area (Å²) in [5, 5.41) is 4.02. The van der Waals surface area contributed by atoms with E-state index in [2.05, 4.69) is 17.3 Å². The van der Waals surface area contributed by atoms with Gasteiger partial charge in [-0.15, -0.1) is 11.3 Å². The Labute approximate surface area is 109 Å². The molecule has 1 heterocycles. The SMILES string of the molecule is CCc1nc(-c2ccc(Cl)cc2)cs1.[Br-]. The first-order valence-corrected chi connectivity index (χ1v) is 5.75. The third-order valence-electron chi connectivity index (χ3n) is 1.99. The molecule has 0 aliphatic heterocycles. The predicted molar refractivity (Wildman–Crippen MR) is 61.9 cm³/mol. The molecule has 0 spiro atoms. The van der Waals surface area contributed by atoms with Crippen LogP contribution in [0.4, 0.5) is 0 Å². The highest BCUT2D eigenvalue weighted by Gasteiger charge is 2.02. The van der Waals surface area contributed by atoms with Gasteiger partial charge in [0.2, 0.25) is 0 Å². The van der Waals surface area contributed by atoms with Gasteiger partial charge in [0.15, 0.2) is 0 Å². The van der Waals surface area contributed by atoms with Crippen LogP contribution in [0.15, 0.2) is 29.6 Å². The predicted octanol–water partition coefficient (Wildman–Crippen LogP) is 1.03. The maximum Gasteiger partial charge on any atom is 0.0929 e. The second kappa shape index (κ2) is 5.64. The minimum atomic E-state index is 0. The maximum atomic E-state index is 5.81. The molecule has 0 amide bonds. The van der Waals surface area contributed by atoms with Crippen molar-refractivity contribution >= 4 is 22.9 Å². The first kappa shape index (κ1) is 12.7. The number of aromatic nitrogens is 1. The highest BCUT2D eigenvalue weighted by molar-refractivity contribution is 7.09. The van der Waals surface area contributed by atoms with Crippen molar-refractivity contribution in [1.82, 2.24) is 4.98 Å². The lowest BCUT2D eigenvalue weighted by atomic mass is 10.2. The van der Waals surface area contributed by atoms with E-state index in [1.54, 1.807) is 11.3 Å². The van der Waals surface area contributed by atoms with Crippen LogP contribution in [0.25, 0.3) is 11.3 Å². The van der Waals surface area contributed by atoms with Crippen molar-refractivity contribution in [3.63, 3.8) is 0 Å². The zero-order valence-electron chi connectivity index (χ0n) is 8.21. The number of thiazole rings is 1. The number of hydrogen-bond acceptors (Lipinski definition) is 2. The normalized spacial score (nSPS) is 9.73. The van der Waals surface area contributed by atoms with Gasteiger partial charge in [0, 0.05) is 16.0 Å². The second-order valence-corrected chi connectivity index (χ2v) is 4.37. The van der Waals surface area contributed by atoms with Crippen LogP contribution in [0.2, 0.25) is 5.02 Å². The van der Waals surface area contributed by atoms with Crippen LogP contribution >= 0.6 is 22.9 Å². The van der Waals surface area contributed by atoms with Gasteiger partial charge in [0.1, 0.15) is 0 Å². The summed E-state index contributed by atoms with van der Waals surface area (Å²) in [5.41, 5.74) is 2.17. The van der Waals surface area contributed by atoms with Crippen molar-refractivity contribution in [2.75, 3.05) is 0 Å². The summed E-state index contributed by atoms with van der Waals surface area (Å²) in [5.74, 6) is 0. The molecule has 0 N–H and O–H groups in total. The smallest absolute Gasteiger partial charge is 0.0929 e. The Morgan fingerprint density at radius 1 is 1.27 bits per heavy atom. The Morgan fingerprint density at radius 2 is 1.93 bits per heavy atom. The quantitative estimate of drug-likeness (QED) is 0.807. The molecule has 4 heteroatoms. The van der Waals surface area contributed by atoms with E-state index >= 15 is 0 Å². The molecule has 0 unspecified atom stereocenters. The van der Waals surface area contributed by atoms with Gasteiger partial charge in [-0.05, 0) is 18.6 Å². The third kappa shape index (κ3) is 3.03. The van der Waals surface area contributed by atoms with Crippen molar-refractivity contribution < 1.29 is 17.0 Å². The Hall–Kier alpha value is -0.380. The molecule has 0 aliphatic rings. The lowest BCUT2D eigenvalue weighted by molar-refractivity contribution is -0.00000275. The minimum absolute atomic E-state index is 0. The van der Waals surface area contributed by atoms with Gasteiger partial charge in [0.05, 0.1) is 10.7 Å². The van der Waals surface area contributed by atoms with Gasteiger partial charge in [-0.3, -0.25) is 0 Å². The minimum Gasteiger partial charge on any atom is -1.00 e. The van der Waals surface area contributed by atoms with Gasteiger partial charge in [0.25, 0.3) is 0 Å². The van der Waals surface area contributed by atoms with E-state index in [0.29, 0.717) is 0 Å². The largest absolute Gasteiger partial charge is 1.00 e. The molecule has 1 aromatic heterocycles. The van der Waals surface area contributed by atoms with Crippen LogP contribution in [0.5, 0.6) is 0 Å². The fourth-order valence-electron chi connectivity index (χ4n) is 1.23. The molecule has 0 saturated heterocycles. The van der Waals surface area contributed by atoms with E-state index in [-0.39, 0.29) is 17.0 Å². The number of hydrogen-bond donors (Lipinski definition) is 0. The summed E-state index contributed by atoms with van der Waals surface area (Å²) in [6, 6.07) is 7.78. The van der Waals surface area contributed by atoms with Crippen LogP contribution in [0.3, 0.4) is 0 Å². The first-order valence-electron chi connectivity index (χ1n) is 4.50. The first-order chi connectivity index (χ1) is 6.79. The monoisotopic (exact) mass is 302 g/mol. The fraction of sp³-hybridized carbons (Fsp3) is 0.182. The Balaban J connectivity index is 0.00000112. The maximum absolute atomic E-state index is 5.81. The van der Waals surface area contributed by atoms with Crippen LogP contribution in [0, 0.1) is 0 Å². The molecule has 15 heavy (non-hydrogen) atoms. The number of aryl methyl sites for hydroxylation is 1. The lowest BCUT2D eigenvalue weighted by Gasteiger charge is -1.95. The summed E-state index contributed by atoms with van der Waals surface area (Å²) in [7, 11) is 0. The summed E-state index contributed by atoms with van der Waals surface area (Å²) >= 11 is 7.52. The molecule has 0 aliphatic carbocycles. The summed E-state index contributed by atoms with van der Waals surface area (Å²) in [6.45, 7) is 2.12. The Morgan fingerprint density at radius 3 is 2.47 bits per heavy atom. The molecule has 2 rings (SSSR count). The zero-order chi connectivity index (χ0) is 9.97. The fourth-order valence-corrected chi connectivity index (χ4v) is 2.11. The van der Waals surface area contributed by atoms with Crippen LogP contribution in [-0.2, 0) is 6.42 Å². The second-order valence-electron chi connectivity index (χ2n) is 2.99. The lowest BCUT2D eigenvalue weighted by Crippen LogP contribution is -3.00. The van der Waals surface area contributed by atoms with Gasteiger partial charge in [-0.2, -0.15) is 0 Å². The average molecular weight is 304 g/mol.